The molecule has 2 aliphatic heterocycles. The number of carbonyl (C=O) groups excluding carboxylic acids is 1. The molecule has 39 heavy (non-hydrogen) atoms. The Morgan fingerprint density at radius 1 is 1.13 bits per heavy atom. The lowest BCUT2D eigenvalue weighted by atomic mass is 10.0. The van der Waals surface area contributed by atoms with Gasteiger partial charge in [-0.3, -0.25) is 19.1 Å². The first kappa shape index (κ1) is 28.8. The topological polar surface area (TPSA) is 72.6 Å². The van der Waals surface area contributed by atoms with Crippen LogP contribution in [0.25, 0.3) is 6.08 Å². The van der Waals surface area contributed by atoms with Gasteiger partial charge in [0, 0.05) is 50.0 Å². The summed E-state index contributed by atoms with van der Waals surface area (Å²) in [5.74, 6) is 0.321. The third kappa shape index (κ3) is 5.75. The molecule has 0 bridgehead atoms. The van der Waals surface area contributed by atoms with E-state index in [-0.39, 0.29) is 28.9 Å². The highest BCUT2D eigenvalue weighted by Gasteiger charge is 2.36. The monoisotopic (exact) mass is 567 g/mol. The Hall–Kier alpha value is -3.16. The molecule has 2 saturated heterocycles. The molecule has 0 spiro atoms. The zero-order valence-electron chi connectivity index (χ0n) is 22.9. The Labute approximate surface area is 238 Å². The maximum atomic E-state index is 13.5. The molecule has 1 aromatic heterocycles. The van der Waals surface area contributed by atoms with Crippen molar-refractivity contribution < 1.29 is 9.18 Å². The molecule has 2 aliphatic rings. The Balaban J connectivity index is 1.79. The summed E-state index contributed by atoms with van der Waals surface area (Å²) in [4.78, 5) is 33.4. The quantitative estimate of drug-likeness (QED) is 0.317. The number of aromatic nitrogens is 1. The van der Waals surface area contributed by atoms with Gasteiger partial charge in [0.1, 0.15) is 27.6 Å². The van der Waals surface area contributed by atoms with Crippen LogP contribution in [0.1, 0.15) is 56.7 Å². The number of amides is 1. The van der Waals surface area contributed by atoms with E-state index in [1.165, 1.54) is 23.9 Å². The first-order valence-corrected chi connectivity index (χ1v) is 14.6. The average Bonchev–Trinajstić information content (AvgIpc) is 3.22. The third-order valence-corrected chi connectivity index (χ3v) is 8.81. The second-order valence-electron chi connectivity index (χ2n) is 9.92. The van der Waals surface area contributed by atoms with Crippen LogP contribution in [0, 0.1) is 24.1 Å². The number of piperazine rings is 1. The molecule has 0 N–H and O–H groups in total. The molecule has 0 radical (unpaired) electrons. The number of rotatable bonds is 8. The van der Waals surface area contributed by atoms with Crippen LogP contribution in [0.5, 0.6) is 0 Å². The summed E-state index contributed by atoms with van der Waals surface area (Å²) in [6, 6.07) is 8.57. The second-order valence-corrected chi connectivity index (χ2v) is 11.6. The van der Waals surface area contributed by atoms with E-state index in [1.54, 1.807) is 28.5 Å². The molecule has 0 aliphatic carbocycles. The Bertz CT molecular complexity index is 1390. The van der Waals surface area contributed by atoms with Crippen molar-refractivity contribution in [3.63, 3.8) is 0 Å². The van der Waals surface area contributed by atoms with Gasteiger partial charge in [-0.1, -0.05) is 44.2 Å². The number of nitrogens with zero attached hydrogens (tertiary/aromatic N) is 5. The summed E-state index contributed by atoms with van der Waals surface area (Å²) in [5, 5.41) is 9.92. The highest BCUT2D eigenvalue weighted by molar-refractivity contribution is 8.26. The Kier molecular flexibility index (Phi) is 9.13. The van der Waals surface area contributed by atoms with E-state index in [4.69, 9.17) is 12.2 Å². The lowest BCUT2D eigenvalue weighted by molar-refractivity contribution is -0.123. The van der Waals surface area contributed by atoms with Crippen LogP contribution in [-0.2, 0) is 11.3 Å². The zero-order valence-corrected chi connectivity index (χ0v) is 24.5. The van der Waals surface area contributed by atoms with E-state index in [9.17, 15) is 19.2 Å². The first-order chi connectivity index (χ1) is 18.7. The highest BCUT2D eigenvalue weighted by Crippen LogP contribution is 2.37. The molecular formula is C29H34FN5O2S2. The van der Waals surface area contributed by atoms with Crippen molar-refractivity contribution in [2.24, 2.45) is 0 Å². The molecule has 2 fully saturated rings. The van der Waals surface area contributed by atoms with E-state index < -0.39 is 0 Å². The highest BCUT2D eigenvalue weighted by atomic mass is 32.2. The van der Waals surface area contributed by atoms with Crippen molar-refractivity contribution in [3.8, 4) is 6.07 Å². The molecule has 4 rings (SSSR count). The largest absolute Gasteiger partial charge is 0.368 e. The molecule has 1 amide bonds. The zero-order chi connectivity index (χ0) is 28.3. The third-order valence-electron chi connectivity index (χ3n) is 7.48. The minimum absolute atomic E-state index is 0.0170. The smallest absolute Gasteiger partial charge is 0.270 e. The number of hydrogen-bond donors (Lipinski definition) is 0. The number of nitriles is 1. The van der Waals surface area contributed by atoms with Crippen LogP contribution >= 0.6 is 24.0 Å². The number of carbonyl (C=O) groups is 1. The molecule has 2 aromatic rings. The molecular weight excluding hydrogens is 533 g/mol. The average molecular weight is 568 g/mol. The molecule has 1 unspecified atom stereocenters. The number of hydrogen-bond acceptors (Lipinski definition) is 7. The van der Waals surface area contributed by atoms with Crippen molar-refractivity contribution in [2.45, 2.75) is 59.5 Å². The van der Waals surface area contributed by atoms with E-state index in [0.29, 0.717) is 53.1 Å². The summed E-state index contributed by atoms with van der Waals surface area (Å²) < 4.78 is 15.7. The number of pyridine rings is 1. The molecule has 7 nitrogen and oxygen atoms in total. The minimum atomic E-state index is -0.302. The van der Waals surface area contributed by atoms with Crippen LogP contribution < -0.4 is 15.4 Å². The summed E-state index contributed by atoms with van der Waals surface area (Å²) in [5.41, 5.74) is 2.03. The van der Waals surface area contributed by atoms with Gasteiger partial charge in [0.2, 0.25) is 0 Å². The SMILES string of the molecule is CCCCn1c(N2CCN(c3ccc(F)cc3)CC2)c(/C=C2\SC(=S)N(C(C)CC)C2=O)c(C)c(C#N)c1=O. The van der Waals surface area contributed by atoms with Crippen molar-refractivity contribution in [1.29, 1.82) is 5.26 Å². The predicted molar refractivity (Wildman–Crippen MR) is 161 cm³/mol. The van der Waals surface area contributed by atoms with Crippen molar-refractivity contribution in [2.75, 3.05) is 36.0 Å². The van der Waals surface area contributed by atoms with Gasteiger partial charge in [-0.2, -0.15) is 5.26 Å². The minimum Gasteiger partial charge on any atom is -0.368 e. The van der Waals surface area contributed by atoms with Gasteiger partial charge >= 0.3 is 0 Å². The van der Waals surface area contributed by atoms with Gasteiger partial charge in [0.25, 0.3) is 11.5 Å². The molecule has 10 heteroatoms. The van der Waals surface area contributed by atoms with Gasteiger partial charge in [0.05, 0.1) is 4.91 Å². The molecule has 3 heterocycles. The number of thioether (sulfide) groups is 1. The fourth-order valence-corrected chi connectivity index (χ4v) is 6.45. The van der Waals surface area contributed by atoms with E-state index in [2.05, 4.69) is 22.8 Å². The van der Waals surface area contributed by atoms with Crippen molar-refractivity contribution in [1.82, 2.24) is 9.47 Å². The maximum absolute atomic E-state index is 13.5. The van der Waals surface area contributed by atoms with Gasteiger partial charge in [-0.05, 0) is 62.6 Å². The lowest BCUT2D eigenvalue weighted by Crippen LogP contribution is -2.48. The van der Waals surface area contributed by atoms with E-state index >= 15 is 0 Å². The number of benzene rings is 1. The Morgan fingerprint density at radius 2 is 1.77 bits per heavy atom. The summed E-state index contributed by atoms with van der Waals surface area (Å²) in [7, 11) is 0. The van der Waals surface area contributed by atoms with Crippen molar-refractivity contribution in [3.05, 3.63) is 62.0 Å². The van der Waals surface area contributed by atoms with Crippen LogP contribution in [-0.4, -0.2) is 51.9 Å². The lowest BCUT2D eigenvalue weighted by Gasteiger charge is -2.39. The molecule has 0 saturated carbocycles. The summed E-state index contributed by atoms with van der Waals surface area (Å²) in [6.07, 6.45) is 4.28. The van der Waals surface area contributed by atoms with Crippen LogP contribution in [0.4, 0.5) is 15.9 Å². The van der Waals surface area contributed by atoms with Crippen LogP contribution in [0.3, 0.4) is 0 Å². The molecule has 206 valence electrons. The van der Waals surface area contributed by atoms with Gasteiger partial charge in [-0.15, -0.1) is 0 Å². The fourth-order valence-electron chi connectivity index (χ4n) is 5.01. The summed E-state index contributed by atoms with van der Waals surface area (Å²) >= 11 is 6.81. The van der Waals surface area contributed by atoms with Crippen LogP contribution in [0.2, 0.25) is 0 Å². The van der Waals surface area contributed by atoms with Crippen molar-refractivity contribution >= 4 is 51.8 Å². The maximum Gasteiger partial charge on any atom is 0.270 e. The number of unbranched alkanes of at least 4 members (excludes halogenated alkanes) is 1. The van der Waals surface area contributed by atoms with Gasteiger partial charge in [-0.25, -0.2) is 4.39 Å². The van der Waals surface area contributed by atoms with E-state index in [0.717, 1.165) is 30.8 Å². The standard InChI is InChI=1S/C29H34FN5O2S2/c1-5-7-12-34-26(33-15-13-32(14-16-33)22-10-8-21(30)9-11-22)23(20(4)24(18-31)27(34)36)17-25-28(37)35(19(3)6-2)29(38)39-25/h8-11,17,19H,5-7,12-16H2,1-4H3/b25-17-. The van der Waals surface area contributed by atoms with Gasteiger partial charge in [0.15, 0.2) is 0 Å². The van der Waals surface area contributed by atoms with Crippen LogP contribution in [0.15, 0.2) is 34.0 Å². The normalized spacial score (nSPS) is 17.7. The second kappa shape index (κ2) is 12.3. The number of thiocarbonyl (C=S) groups is 1. The summed E-state index contributed by atoms with van der Waals surface area (Å²) in [6.45, 7) is 10.9. The first-order valence-electron chi connectivity index (χ1n) is 13.4. The van der Waals surface area contributed by atoms with E-state index in [1.807, 2.05) is 19.9 Å². The predicted octanol–water partition coefficient (Wildman–Crippen LogP) is 5.29. The van der Waals surface area contributed by atoms with Gasteiger partial charge < -0.3 is 9.80 Å². The number of halogens is 1. The molecule has 1 atom stereocenters. The molecule has 1 aromatic carbocycles. The Morgan fingerprint density at radius 3 is 2.36 bits per heavy atom. The fraction of sp³-hybridized carbons (Fsp3) is 0.448. The number of anilines is 2.